The lowest BCUT2D eigenvalue weighted by Crippen LogP contribution is -2.52. The van der Waals surface area contributed by atoms with Crippen LogP contribution in [0.25, 0.3) is 0 Å². The summed E-state index contributed by atoms with van der Waals surface area (Å²) in [6, 6.07) is 3.26. The van der Waals surface area contributed by atoms with E-state index in [1.807, 2.05) is 4.90 Å². The number of aromatic nitrogens is 1. The SMILES string of the molecule is CC(C)N1CCN(C(=O)C2CCC(Oc3ccc(S(=O)(=O)CS(C)(=O)=O)cn3)CC2)CC1. The number of ether oxygens (including phenoxy) is 1. The number of piperazine rings is 1. The molecule has 0 unspecified atom stereocenters. The van der Waals surface area contributed by atoms with Crippen LogP contribution in [0.1, 0.15) is 39.5 Å². The lowest BCUT2D eigenvalue weighted by molar-refractivity contribution is -0.139. The summed E-state index contributed by atoms with van der Waals surface area (Å²) in [5.41, 5.74) is 0. The predicted octanol–water partition coefficient (Wildman–Crippen LogP) is 1.35. The molecule has 2 aliphatic rings. The van der Waals surface area contributed by atoms with Crippen LogP contribution in [0.3, 0.4) is 0 Å². The molecule has 11 heteroatoms. The lowest BCUT2D eigenvalue weighted by atomic mass is 9.86. The molecule has 1 amide bonds. The molecule has 0 spiro atoms. The Morgan fingerprint density at radius 3 is 2.19 bits per heavy atom. The maximum absolute atomic E-state index is 12.9. The summed E-state index contributed by atoms with van der Waals surface area (Å²) in [4.78, 5) is 21.1. The Kier molecular flexibility index (Phi) is 7.82. The van der Waals surface area contributed by atoms with Crippen molar-refractivity contribution in [1.29, 1.82) is 0 Å². The first-order valence-electron chi connectivity index (χ1n) is 11.0. The van der Waals surface area contributed by atoms with Crippen LogP contribution >= 0.6 is 0 Å². The summed E-state index contributed by atoms with van der Waals surface area (Å²) in [5.74, 6) is 0.560. The Bertz CT molecular complexity index is 992. The maximum Gasteiger partial charge on any atom is 0.225 e. The van der Waals surface area contributed by atoms with E-state index in [1.165, 1.54) is 12.1 Å². The van der Waals surface area contributed by atoms with Crippen molar-refractivity contribution in [2.45, 2.75) is 56.6 Å². The van der Waals surface area contributed by atoms with Crippen LogP contribution < -0.4 is 4.74 Å². The number of carbonyl (C=O) groups is 1. The summed E-state index contributed by atoms with van der Waals surface area (Å²) < 4.78 is 52.8. The third-order valence-corrected chi connectivity index (χ3v) is 10.0. The molecule has 1 aliphatic carbocycles. The fourth-order valence-corrected chi connectivity index (χ4v) is 7.57. The number of carbonyl (C=O) groups excluding carboxylic acids is 1. The topological polar surface area (TPSA) is 114 Å². The molecule has 180 valence electrons. The van der Waals surface area contributed by atoms with Crippen LogP contribution in [0.5, 0.6) is 5.88 Å². The van der Waals surface area contributed by atoms with E-state index >= 15 is 0 Å². The third kappa shape index (κ3) is 6.64. The quantitative estimate of drug-likeness (QED) is 0.566. The van der Waals surface area contributed by atoms with Gasteiger partial charge in [0, 0.05) is 56.7 Å². The van der Waals surface area contributed by atoms with Crippen molar-refractivity contribution in [3.8, 4) is 5.88 Å². The molecule has 0 bridgehead atoms. The first kappa shape index (κ1) is 24.9. The molecule has 0 atom stereocenters. The van der Waals surface area contributed by atoms with Crippen LogP contribution in [-0.2, 0) is 24.5 Å². The first-order valence-corrected chi connectivity index (χ1v) is 14.7. The molecule has 1 saturated carbocycles. The smallest absolute Gasteiger partial charge is 0.225 e. The number of hydrogen-bond acceptors (Lipinski definition) is 8. The van der Waals surface area contributed by atoms with Gasteiger partial charge in [0.05, 0.1) is 4.90 Å². The van der Waals surface area contributed by atoms with Crippen LogP contribution in [0.4, 0.5) is 0 Å². The average Bonchev–Trinajstić information content (AvgIpc) is 2.72. The Morgan fingerprint density at radius 1 is 1.06 bits per heavy atom. The van der Waals surface area contributed by atoms with Gasteiger partial charge in [-0.1, -0.05) is 0 Å². The summed E-state index contributed by atoms with van der Waals surface area (Å²) in [6.45, 7) is 7.76. The van der Waals surface area contributed by atoms with Gasteiger partial charge in [-0.05, 0) is 45.6 Å². The Balaban J connectivity index is 1.48. The highest BCUT2D eigenvalue weighted by Gasteiger charge is 2.32. The number of hydrogen-bond donors (Lipinski definition) is 0. The highest BCUT2D eigenvalue weighted by Crippen LogP contribution is 2.29. The molecule has 3 rings (SSSR count). The fourth-order valence-electron chi connectivity index (χ4n) is 4.29. The van der Waals surface area contributed by atoms with Crippen LogP contribution in [-0.4, -0.2) is 87.2 Å². The van der Waals surface area contributed by atoms with Crippen molar-refractivity contribution in [1.82, 2.24) is 14.8 Å². The number of rotatable bonds is 7. The van der Waals surface area contributed by atoms with Gasteiger partial charge in [-0.15, -0.1) is 0 Å². The van der Waals surface area contributed by atoms with E-state index in [0.29, 0.717) is 11.9 Å². The molecule has 1 aromatic heterocycles. The Morgan fingerprint density at radius 2 is 1.69 bits per heavy atom. The molecule has 0 aromatic carbocycles. The van der Waals surface area contributed by atoms with E-state index in [2.05, 4.69) is 23.7 Å². The largest absolute Gasteiger partial charge is 0.474 e. The monoisotopic (exact) mass is 487 g/mol. The fraction of sp³-hybridized carbons (Fsp3) is 0.714. The zero-order valence-corrected chi connectivity index (χ0v) is 20.6. The molecule has 9 nitrogen and oxygen atoms in total. The predicted molar refractivity (Wildman–Crippen MR) is 121 cm³/mol. The maximum atomic E-state index is 12.9. The van der Waals surface area contributed by atoms with Gasteiger partial charge in [-0.25, -0.2) is 21.8 Å². The normalized spacial score (nSPS) is 23.3. The lowest BCUT2D eigenvalue weighted by Gasteiger charge is -2.39. The molecule has 2 heterocycles. The second kappa shape index (κ2) is 10.0. The molecule has 0 radical (unpaired) electrons. The van der Waals surface area contributed by atoms with Crippen molar-refractivity contribution >= 4 is 25.6 Å². The number of pyridine rings is 1. The molecular formula is C21H33N3O6S2. The molecule has 32 heavy (non-hydrogen) atoms. The molecule has 2 fully saturated rings. The van der Waals surface area contributed by atoms with Crippen LogP contribution in [0, 0.1) is 5.92 Å². The van der Waals surface area contributed by atoms with Gasteiger partial charge < -0.3 is 9.64 Å². The molecule has 1 aliphatic heterocycles. The van der Waals surface area contributed by atoms with Gasteiger partial charge in [-0.2, -0.15) is 0 Å². The highest BCUT2D eigenvalue weighted by atomic mass is 32.3. The number of nitrogens with zero attached hydrogens (tertiary/aromatic N) is 3. The Hall–Kier alpha value is -1.72. The average molecular weight is 488 g/mol. The first-order chi connectivity index (χ1) is 14.9. The Labute approximate surface area is 191 Å². The van der Waals surface area contributed by atoms with E-state index in [1.54, 1.807) is 0 Å². The molecule has 0 N–H and O–H groups in total. The minimum atomic E-state index is -3.95. The number of sulfone groups is 2. The second-order valence-corrected chi connectivity index (χ2v) is 13.5. The van der Waals surface area contributed by atoms with E-state index in [4.69, 9.17) is 4.74 Å². The highest BCUT2D eigenvalue weighted by molar-refractivity contribution is 8.07. The van der Waals surface area contributed by atoms with Crippen molar-refractivity contribution < 1.29 is 26.4 Å². The zero-order valence-electron chi connectivity index (χ0n) is 18.9. The van der Waals surface area contributed by atoms with Crippen molar-refractivity contribution in [3.63, 3.8) is 0 Å². The van der Waals surface area contributed by atoms with E-state index < -0.39 is 24.8 Å². The summed E-state index contributed by atoms with van der Waals surface area (Å²) in [7, 11) is -7.63. The molecule has 1 aromatic rings. The van der Waals surface area contributed by atoms with Gasteiger partial charge >= 0.3 is 0 Å². The summed E-state index contributed by atoms with van der Waals surface area (Å²) >= 11 is 0. The number of amides is 1. The van der Waals surface area contributed by atoms with E-state index in [9.17, 15) is 21.6 Å². The van der Waals surface area contributed by atoms with Crippen LogP contribution in [0.2, 0.25) is 0 Å². The summed E-state index contributed by atoms with van der Waals surface area (Å²) in [5, 5.41) is -0.952. The van der Waals surface area contributed by atoms with E-state index in [-0.39, 0.29) is 22.8 Å². The van der Waals surface area contributed by atoms with Gasteiger partial charge in [0.15, 0.2) is 24.8 Å². The zero-order chi connectivity index (χ0) is 23.5. The minimum Gasteiger partial charge on any atom is -0.474 e. The van der Waals surface area contributed by atoms with Crippen LogP contribution in [0.15, 0.2) is 23.2 Å². The van der Waals surface area contributed by atoms with Crippen molar-refractivity contribution in [2.75, 3.05) is 37.5 Å². The van der Waals surface area contributed by atoms with Gasteiger partial charge in [0.1, 0.15) is 6.10 Å². The molecule has 1 saturated heterocycles. The third-order valence-electron chi connectivity index (χ3n) is 6.10. The van der Waals surface area contributed by atoms with Gasteiger partial charge in [-0.3, -0.25) is 9.69 Å². The molecular weight excluding hydrogens is 454 g/mol. The van der Waals surface area contributed by atoms with Gasteiger partial charge in [0.2, 0.25) is 11.8 Å². The standard InChI is InChI=1S/C21H33N3O6S2/c1-16(2)23-10-12-24(13-11-23)21(25)17-4-6-18(7-5-17)30-20-9-8-19(14-22-20)32(28,29)15-31(3,26)27/h8-9,14,16-18H,4-7,10-13,15H2,1-3H3. The van der Waals surface area contributed by atoms with Crippen molar-refractivity contribution in [3.05, 3.63) is 18.3 Å². The minimum absolute atomic E-state index is 0.0249. The summed E-state index contributed by atoms with van der Waals surface area (Å²) in [6.07, 6.45) is 4.91. The van der Waals surface area contributed by atoms with E-state index in [0.717, 1.165) is 64.3 Å². The second-order valence-electron chi connectivity index (χ2n) is 9.04. The van der Waals surface area contributed by atoms with Gasteiger partial charge in [0.25, 0.3) is 0 Å². The van der Waals surface area contributed by atoms with Crippen molar-refractivity contribution in [2.24, 2.45) is 5.92 Å².